The van der Waals surface area contributed by atoms with E-state index in [0.29, 0.717) is 6.07 Å². The normalized spacial score (nSPS) is 11.6. The van der Waals surface area contributed by atoms with Gasteiger partial charge in [-0.2, -0.15) is 5.26 Å². The van der Waals surface area contributed by atoms with E-state index in [1.807, 2.05) is 5.32 Å². The Kier molecular flexibility index (Phi) is 4.17. The number of allylic oxidation sites excluding steroid dienone is 1. The lowest BCUT2D eigenvalue weighted by Crippen LogP contribution is -2.16. The number of nitrogens with zero attached hydrogens (tertiary/aromatic N) is 1. The van der Waals surface area contributed by atoms with Crippen LogP contribution >= 0.6 is 0 Å². The summed E-state index contributed by atoms with van der Waals surface area (Å²) in [5.41, 5.74) is -1.25. The maximum Gasteiger partial charge on any atom is 0.269 e. The maximum atomic E-state index is 13.3. The van der Waals surface area contributed by atoms with Gasteiger partial charge in [0.2, 0.25) is 0 Å². The first kappa shape index (κ1) is 14.6. The number of anilines is 1. The Hall–Kier alpha value is -2.49. The van der Waals surface area contributed by atoms with Crippen molar-refractivity contribution >= 4 is 11.6 Å². The highest BCUT2D eigenvalue weighted by Crippen LogP contribution is 2.23. The van der Waals surface area contributed by atoms with Crippen molar-refractivity contribution < 1.29 is 23.1 Å². The Morgan fingerprint density at radius 2 is 1.95 bits per heavy atom. The Bertz CT molecular complexity index is 614. The molecule has 7 heteroatoms. The number of amides is 1. The largest absolute Gasteiger partial charge is 0.511 e. The fourth-order valence-corrected chi connectivity index (χ4v) is 1.30. The molecule has 0 heterocycles. The Morgan fingerprint density at radius 3 is 2.42 bits per heavy atom. The van der Waals surface area contributed by atoms with Crippen molar-refractivity contribution in [3.05, 3.63) is 40.4 Å². The van der Waals surface area contributed by atoms with Crippen molar-refractivity contribution in [1.29, 1.82) is 5.26 Å². The van der Waals surface area contributed by atoms with Crippen LogP contribution < -0.4 is 5.32 Å². The minimum atomic E-state index is -1.65. The minimum Gasteiger partial charge on any atom is -0.511 e. The van der Waals surface area contributed by atoms with E-state index in [9.17, 15) is 18.0 Å². The third-order valence-electron chi connectivity index (χ3n) is 2.36. The van der Waals surface area contributed by atoms with Crippen LogP contribution in [0.3, 0.4) is 0 Å². The van der Waals surface area contributed by atoms with Gasteiger partial charge in [0.15, 0.2) is 23.0 Å². The predicted octanol–water partition coefficient (Wildman–Crippen LogP) is 2.71. The summed E-state index contributed by atoms with van der Waals surface area (Å²) < 4.78 is 39.2. The van der Waals surface area contributed by atoms with Crippen LogP contribution in [0.2, 0.25) is 0 Å². The van der Waals surface area contributed by atoms with Gasteiger partial charge in [-0.15, -0.1) is 0 Å². The van der Waals surface area contributed by atoms with Crippen molar-refractivity contribution in [2.75, 3.05) is 5.32 Å². The molecule has 1 aromatic carbocycles. The standard InChI is InChI=1S/C12H9F3N2O2/c1-5-9(3-8(13)11(15)10(5)14)17-12(19)7(4-16)6(2)18/h3,18H,1-2H3,(H,17,19)/b7-6-. The van der Waals surface area contributed by atoms with E-state index in [1.165, 1.54) is 6.07 Å². The number of carbonyl (C=O) groups excluding carboxylic acids is 1. The molecule has 0 bridgehead atoms. The van der Waals surface area contributed by atoms with Gasteiger partial charge in [-0.05, 0) is 13.8 Å². The lowest BCUT2D eigenvalue weighted by atomic mass is 10.1. The van der Waals surface area contributed by atoms with Crippen molar-refractivity contribution in [3.8, 4) is 6.07 Å². The molecule has 2 N–H and O–H groups in total. The number of hydrogen-bond acceptors (Lipinski definition) is 3. The number of rotatable bonds is 2. The van der Waals surface area contributed by atoms with Crippen LogP contribution in [0, 0.1) is 35.7 Å². The summed E-state index contributed by atoms with van der Waals surface area (Å²) in [5.74, 6) is -6.14. The quantitative estimate of drug-likeness (QED) is 0.375. The first-order chi connectivity index (χ1) is 8.79. The van der Waals surface area contributed by atoms with Crippen LogP contribution in [0.25, 0.3) is 0 Å². The monoisotopic (exact) mass is 270 g/mol. The molecule has 0 saturated heterocycles. The average molecular weight is 270 g/mol. The van der Waals surface area contributed by atoms with Crippen molar-refractivity contribution in [2.45, 2.75) is 13.8 Å². The predicted molar refractivity (Wildman–Crippen MR) is 60.6 cm³/mol. The van der Waals surface area contributed by atoms with Gasteiger partial charge in [-0.3, -0.25) is 4.79 Å². The molecule has 1 aromatic rings. The number of carbonyl (C=O) groups is 1. The molecule has 0 spiro atoms. The van der Waals surface area contributed by atoms with Gasteiger partial charge in [0.1, 0.15) is 11.8 Å². The van der Waals surface area contributed by atoms with E-state index in [1.54, 1.807) is 0 Å². The van der Waals surface area contributed by atoms with Crippen LogP contribution in [-0.4, -0.2) is 11.0 Å². The summed E-state index contributed by atoms with van der Waals surface area (Å²) in [6.07, 6.45) is 0. The summed E-state index contributed by atoms with van der Waals surface area (Å²) in [5, 5.41) is 19.7. The second-order valence-corrected chi connectivity index (χ2v) is 3.69. The fraction of sp³-hybridized carbons (Fsp3) is 0.167. The summed E-state index contributed by atoms with van der Waals surface area (Å²) in [6.45, 7) is 2.24. The highest BCUT2D eigenvalue weighted by Gasteiger charge is 2.19. The molecule has 0 atom stereocenters. The van der Waals surface area contributed by atoms with Gasteiger partial charge in [0.05, 0.1) is 5.69 Å². The van der Waals surface area contributed by atoms with E-state index < -0.39 is 34.7 Å². The zero-order valence-corrected chi connectivity index (χ0v) is 10.0. The van der Waals surface area contributed by atoms with E-state index in [0.717, 1.165) is 13.8 Å². The smallest absolute Gasteiger partial charge is 0.269 e. The molecule has 100 valence electrons. The van der Waals surface area contributed by atoms with Crippen molar-refractivity contribution in [2.24, 2.45) is 0 Å². The first-order valence-electron chi connectivity index (χ1n) is 5.05. The Morgan fingerprint density at radius 1 is 1.37 bits per heavy atom. The zero-order chi connectivity index (χ0) is 14.7. The molecule has 0 aliphatic heterocycles. The molecule has 0 fully saturated rings. The molecule has 4 nitrogen and oxygen atoms in total. The summed E-state index contributed by atoms with van der Waals surface area (Å²) in [6, 6.07) is 2.03. The van der Waals surface area contributed by atoms with Gasteiger partial charge in [0.25, 0.3) is 5.91 Å². The van der Waals surface area contributed by atoms with Crippen LogP contribution in [0.5, 0.6) is 0 Å². The molecule has 0 saturated carbocycles. The highest BCUT2D eigenvalue weighted by molar-refractivity contribution is 6.07. The van der Waals surface area contributed by atoms with Gasteiger partial charge in [-0.1, -0.05) is 0 Å². The molecule has 0 aliphatic carbocycles. The molecular weight excluding hydrogens is 261 g/mol. The SMILES string of the molecule is C/C(O)=C(\C#N)C(=O)Nc1cc(F)c(F)c(F)c1C. The van der Waals surface area contributed by atoms with E-state index in [4.69, 9.17) is 10.4 Å². The second-order valence-electron chi connectivity index (χ2n) is 3.69. The van der Waals surface area contributed by atoms with Crippen LogP contribution in [0.15, 0.2) is 17.4 Å². The maximum absolute atomic E-state index is 13.3. The molecular formula is C12H9F3N2O2. The molecule has 1 rings (SSSR count). The molecule has 0 radical (unpaired) electrons. The zero-order valence-electron chi connectivity index (χ0n) is 10.0. The van der Waals surface area contributed by atoms with E-state index in [2.05, 4.69) is 0 Å². The minimum absolute atomic E-state index is 0.319. The molecule has 1 amide bonds. The number of hydrogen-bond donors (Lipinski definition) is 2. The van der Waals surface area contributed by atoms with Crippen LogP contribution in [-0.2, 0) is 4.79 Å². The molecule has 0 aromatic heterocycles. The number of nitrogens with one attached hydrogen (secondary N) is 1. The average Bonchev–Trinajstić information content (AvgIpc) is 2.33. The number of halogens is 3. The number of aliphatic hydroxyl groups excluding tert-OH is 1. The van der Waals surface area contributed by atoms with Crippen LogP contribution in [0.4, 0.5) is 18.9 Å². The van der Waals surface area contributed by atoms with Gasteiger partial charge >= 0.3 is 0 Å². The van der Waals surface area contributed by atoms with E-state index >= 15 is 0 Å². The lowest BCUT2D eigenvalue weighted by molar-refractivity contribution is -0.112. The summed E-state index contributed by atoms with van der Waals surface area (Å²) in [4.78, 5) is 11.6. The summed E-state index contributed by atoms with van der Waals surface area (Å²) in [7, 11) is 0. The van der Waals surface area contributed by atoms with Crippen molar-refractivity contribution in [3.63, 3.8) is 0 Å². The number of aliphatic hydroxyl groups is 1. The first-order valence-corrected chi connectivity index (χ1v) is 5.05. The molecule has 19 heavy (non-hydrogen) atoms. The fourth-order valence-electron chi connectivity index (χ4n) is 1.30. The number of benzene rings is 1. The Balaban J connectivity index is 3.19. The third-order valence-corrected chi connectivity index (χ3v) is 2.36. The van der Waals surface area contributed by atoms with Crippen molar-refractivity contribution in [1.82, 2.24) is 0 Å². The highest BCUT2D eigenvalue weighted by atomic mass is 19.2. The van der Waals surface area contributed by atoms with Gasteiger partial charge in [-0.25, -0.2) is 13.2 Å². The Labute approximate surface area is 106 Å². The summed E-state index contributed by atoms with van der Waals surface area (Å²) >= 11 is 0. The van der Waals surface area contributed by atoms with Crippen LogP contribution in [0.1, 0.15) is 12.5 Å². The molecule has 0 aliphatic rings. The van der Waals surface area contributed by atoms with Gasteiger partial charge in [0, 0.05) is 11.6 Å². The topological polar surface area (TPSA) is 73.1 Å². The molecule has 0 unspecified atom stereocenters. The second kappa shape index (κ2) is 5.44. The lowest BCUT2D eigenvalue weighted by Gasteiger charge is -2.10. The number of nitriles is 1. The third kappa shape index (κ3) is 2.85. The van der Waals surface area contributed by atoms with E-state index in [-0.39, 0.29) is 11.3 Å². The van der Waals surface area contributed by atoms with Gasteiger partial charge < -0.3 is 10.4 Å².